The molecular formula is C12H14N2OS. The van der Waals surface area contributed by atoms with Gasteiger partial charge in [-0.2, -0.15) is 0 Å². The van der Waals surface area contributed by atoms with Crippen LogP contribution in [0.2, 0.25) is 0 Å². The van der Waals surface area contributed by atoms with E-state index in [1.165, 1.54) is 16.7 Å². The predicted molar refractivity (Wildman–Crippen MR) is 68.2 cm³/mol. The van der Waals surface area contributed by atoms with Gasteiger partial charge in [-0.25, -0.2) is 0 Å². The van der Waals surface area contributed by atoms with Gasteiger partial charge in [-0.3, -0.25) is 15.1 Å². The van der Waals surface area contributed by atoms with Crippen LogP contribution in [-0.4, -0.2) is 16.8 Å². The number of para-hydroxylation sites is 1. The first kappa shape index (κ1) is 11.2. The first-order chi connectivity index (χ1) is 7.61. The summed E-state index contributed by atoms with van der Waals surface area (Å²) in [6, 6.07) is 7.80. The summed E-state index contributed by atoms with van der Waals surface area (Å²) in [4.78, 5) is 13.2. The number of benzene rings is 1. The maximum Gasteiger partial charge on any atom is 0.243 e. The highest BCUT2D eigenvalue weighted by Gasteiger charge is 2.29. The molecule has 84 valence electrons. The average molecular weight is 234 g/mol. The van der Waals surface area contributed by atoms with Crippen LogP contribution in [0.4, 0.5) is 5.69 Å². The first-order valence-corrected chi connectivity index (χ1v) is 6.23. The van der Waals surface area contributed by atoms with Crippen molar-refractivity contribution < 1.29 is 4.79 Å². The maximum atomic E-state index is 11.7. The maximum absolute atomic E-state index is 11.7. The molecule has 4 heteroatoms. The van der Waals surface area contributed by atoms with Crippen LogP contribution in [0, 0.1) is 5.41 Å². The Hall–Kier alpha value is -1.29. The normalized spacial score (nSPS) is 16.3. The largest absolute Gasteiger partial charge is 0.278 e. The van der Waals surface area contributed by atoms with Crippen LogP contribution in [0.15, 0.2) is 24.3 Å². The van der Waals surface area contributed by atoms with E-state index in [1.54, 1.807) is 0 Å². The molecule has 0 radical (unpaired) electrons. The molecule has 1 aliphatic heterocycles. The molecule has 0 atom stereocenters. The van der Waals surface area contributed by atoms with E-state index in [1.807, 2.05) is 24.3 Å². The molecule has 16 heavy (non-hydrogen) atoms. The molecule has 1 N–H and O–H groups in total. The molecule has 1 fully saturated rings. The molecule has 1 amide bonds. The second-order valence-corrected chi connectivity index (χ2v) is 5.00. The second kappa shape index (κ2) is 4.29. The summed E-state index contributed by atoms with van der Waals surface area (Å²) in [6.45, 7) is 4.19. The van der Waals surface area contributed by atoms with Gasteiger partial charge in [0.2, 0.25) is 5.91 Å². The summed E-state index contributed by atoms with van der Waals surface area (Å²) in [5.41, 5.74) is 1.97. The van der Waals surface area contributed by atoms with Gasteiger partial charge in [-0.05, 0) is 17.5 Å². The SMILES string of the molecule is CC(C)c1ccccc1N1C(=N)SCC1=O. The molecule has 1 saturated heterocycles. The Balaban J connectivity index is 2.47. The number of hydrogen-bond donors (Lipinski definition) is 1. The van der Waals surface area contributed by atoms with Crippen molar-refractivity contribution in [1.82, 2.24) is 0 Å². The fourth-order valence-corrected chi connectivity index (χ4v) is 2.51. The van der Waals surface area contributed by atoms with Crippen molar-refractivity contribution in [3.63, 3.8) is 0 Å². The van der Waals surface area contributed by atoms with Crippen LogP contribution in [-0.2, 0) is 4.79 Å². The number of anilines is 1. The predicted octanol–water partition coefficient (Wildman–Crippen LogP) is 2.82. The van der Waals surface area contributed by atoms with E-state index in [-0.39, 0.29) is 5.91 Å². The number of carbonyl (C=O) groups is 1. The fraction of sp³-hybridized carbons (Fsp3) is 0.333. The van der Waals surface area contributed by atoms with Gasteiger partial charge in [0, 0.05) is 0 Å². The van der Waals surface area contributed by atoms with E-state index >= 15 is 0 Å². The summed E-state index contributed by atoms with van der Waals surface area (Å²) in [7, 11) is 0. The molecule has 1 aliphatic rings. The monoisotopic (exact) mass is 234 g/mol. The van der Waals surface area contributed by atoms with Gasteiger partial charge < -0.3 is 0 Å². The summed E-state index contributed by atoms with van der Waals surface area (Å²) in [5.74, 6) is 0.733. The van der Waals surface area contributed by atoms with Crippen LogP contribution in [0.5, 0.6) is 0 Å². The zero-order chi connectivity index (χ0) is 11.7. The van der Waals surface area contributed by atoms with Crippen LogP contribution in [0.25, 0.3) is 0 Å². The lowest BCUT2D eigenvalue weighted by molar-refractivity contribution is -0.115. The molecule has 0 saturated carbocycles. The van der Waals surface area contributed by atoms with Crippen LogP contribution < -0.4 is 4.90 Å². The Morgan fingerprint density at radius 1 is 1.38 bits per heavy atom. The highest BCUT2D eigenvalue weighted by atomic mass is 32.2. The van der Waals surface area contributed by atoms with E-state index in [4.69, 9.17) is 5.41 Å². The average Bonchev–Trinajstić information content (AvgIpc) is 2.58. The highest BCUT2D eigenvalue weighted by Crippen LogP contribution is 2.32. The van der Waals surface area contributed by atoms with Crippen molar-refractivity contribution in [1.29, 1.82) is 5.41 Å². The summed E-state index contributed by atoms with van der Waals surface area (Å²) < 4.78 is 0. The molecule has 3 nitrogen and oxygen atoms in total. The zero-order valence-corrected chi connectivity index (χ0v) is 10.2. The Bertz CT molecular complexity index is 426. The number of nitrogens with one attached hydrogen (secondary N) is 1. The van der Waals surface area contributed by atoms with Gasteiger partial charge in [0.15, 0.2) is 5.17 Å². The molecule has 0 unspecified atom stereocenters. The molecule has 0 aliphatic carbocycles. The molecule has 0 spiro atoms. The zero-order valence-electron chi connectivity index (χ0n) is 9.36. The van der Waals surface area contributed by atoms with Crippen molar-refractivity contribution in [3.8, 4) is 0 Å². The Kier molecular flexibility index (Phi) is 3.01. The lowest BCUT2D eigenvalue weighted by atomic mass is 10.0. The third kappa shape index (κ3) is 1.85. The van der Waals surface area contributed by atoms with E-state index in [2.05, 4.69) is 13.8 Å². The fourth-order valence-electron chi connectivity index (χ4n) is 1.80. The third-order valence-electron chi connectivity index (χ3n) is 2.58. The van der Waals surface area contributed by atoms with Gasteiger partial charge in [0.05, 0.1) is 11.4 Å². The molecule has 2 rings (SSSR count). The summed E-state index contributed by atoms with van der Waals surface area (Å²) >= 11 is 1.29. The number of amides is 1. The van der Waals surface area contributed by atoms with Gasteiger partial charge in [0.25, 0.3) is 0 Å². The number of amidine groups is 1. The van der Waals surface area contributed by atoms with Crippen molar-refractivity contribution in [2.24, 2.45) is 0 Å². The summed E-state index contributed by atoms with van der Waals surface area (Å²) in [6.07, 6.45) is 0. The Morgan fingerprint density at radius 3 is 2.62 bits per heavy atom. The number of hydrogen-bond acceptors (Lipinski definition) is 3. The standard InChI is InChI=1S/C12H14N2OS/c1-8(2)9-5-3-4-6-10(9)14-11(15)7-16-12(14)13/h3-6,8,13H,7H2,1-2H3. The number of carbonyl (C=O) groups excluding carboxylic acids is 1. The van der Waals surface area contributed by atoms with E-state index in [0.717, 1.165) is 11.3 Å². The molecule has 1 heterocycles. The number of nitrogens with zero attached hydrogens (tertiary/aromatic N) is 1. The number of rotatable bonds is 2. The molecule has 0 aromatic heterocycles. The second-order valence-electron chi connectivity index (χ2n) is 4.04. The lowest BCUT2D eigenvalue weighted by Crippen LogP contribution is -2.29. The molecule has 1 aromatic carbocycles. The van der Waals surface area contributed by atoms with Crippen molar-refractivity contribution in [2.75, 3.05) is 10.7 Å². The minimum atomic E-state index is 0.00287. The highest BCUT2D eigenvalue weighted by molar-refractivity contribution is 8.15. The van der Waals surface area contributed by atoms with Gasteiger partial charge in [-0.1, -0.05) is 43.8 Å². The Morgan fingerprint density at radius 2 is 2.06 bits per heavy atom. The van der Waals surface area contributed by atoms with Crippen molar-refractivity contribution in [3.05, 3.63) is 29.8 Å². The van der Waals surface area contributed by atoms with Crippen LogP contribution in [0.1, 0.15) is 25.3 Å². The van der Waals surface area contributed by atoms with Crippen molar-refractivity contribution in [2.45, 2.75) is 19.8 Å². The Labute approximate surface area is 99.3 Å². The molecule has 0 bridgehead atoms. The van der Waals surface area contributed by atoms with Gasteiger partial charge >= 0.3 is 0 Å². The number of thioether (sulfide) groups is 1. The minimum Gasteiger partial charge on any atom is -0.278 e. The van der Waals surface area contributed by atoms with Gasteiger partial charge in [-0.15, -0.1) is 0 Å². The van der Waals surface area contributed by atoms with E-state index in [0.29, 0.717) is 16.8 Å². The summed E-state index contributed by atoms with van der Waals surface area (Å²) in [5, 5.41) is 8.11. The van der Waals surface area contributed by atoms with Crippen LogP contribution in [0.3, 0.4) is 0 Å². The lowest BCUT2D eigenvalue weighted by Gasteiger charge is -2.20. The molecule has 1 aromatic rings. The van der Waals surface area contributed by atoms with E-state index in [9.17, 15) is 4.79 Å². The van der Waals surface area contributed by atoms with Crippen molar-refractivity contribution >= 4 is 28.5 Å². The topological polar surface area (TPSA) is 44.2 Å². The quantitative estimate of drug-likeness (QED) is 0.855. The van der Waals surface area contributed by atoms with Gasteiger partial charge in [0.1, 0.15) is 0 Å². The minimum absolute atomic E-state index is 0.00287. The molecular weight excluding hydrogens is 220 g/mol. The third-order valence-corrected chi connectivity index (χ3v) is 3.43. The van der Waals surface area contributed by atoms with E-state index < -0.39 is 0 Å². The van der Waals surface area contributed by atoms with Crippen LogP contribution >= 0.6 is 11.8 Å². The first-order valence-electron chi connectivity index (χ1n) is 5.24. The smallest absolute Gasteiger partial charge is 0.243 e.